The fourth-order valence-corrected chi connectivity index (χ4v) is 3.42. The van der Waals surface area contributed by atoms with Gasteiger partial charge in [-0.1, -0.05) is 28.1 Å². The summed E-state index contributed by atoms with van der Waals surface area (Å²) in [6, 6.07) is 10.2. The number of amides is 3. The van der Waals surface area contributed by atoms with Crippen molar-refractivity contribution in [1.29, 1.82) is 0 Å². The van der Waals surface area contributed by atoms with E-state index in [0.717, 1.165) is 20.5 Å². The molecule has 3 rings (SSSR count). The van der Waals surface area contributed by atoms with Crippen LogP contribution in [0.15, 0.2) is 40.9 Å². The van der Waals surface area contributed by atoms with Crippen molar-refractivity contribution in [2.75, 3.05) is 18.5 Å². The Labute approximate surface area is 176 Å². The third-order valence-corrected chi connectivity index (χ3v) is 5.42. The lowest BCUT2D eigenvalue weighted by Gasteiger charge is -2.13. The number of hydrogen-bond acceptors (Lipinski definition) is 5. The van der Waals surface area contributed by atoms with Crippen LogP contribution in [0, 0.1) is 13.8 Å². The maximum Gasteiger partial charge on any atom is 0.308 e. The Kier molecular flexibility index (Phi) is 6.12. The molecule has 1 aliphatic rings. The van der Waals surface area contributed by atoms with Crippen molar-refractivity contribution >= 4 is 45.3 Å². The van der Waals surface area contributed by atoms with Gasteiger partial charge in [-0.25, -0.2) is 0 Å². The van der Waals surface area contributed by atoms with Crippen LogP contribution in [0.3, 0.4) is 0 Å². The summed E-state index contributed by atoms with van der Waals surface area (Å²) in [4.78, 5) is 49.5. The number of nitrogens with zero attached hydrogens (tertiary/aromatic N) is 1. The monoisotopic (exact) mass is 458 g/mol. The van der Waals surface area contributed by atoms with Gasteiger partial charge in [-0.3, -0.25) is 24.1 Å². The highest BCUT2D eigenvalue weighted by atomic mass is 79.9. The summed E-state index contributed by atoms with van der Waals surface area (Å²) in [5.74, 6) is -2.00. The second kappa shape index (κ2) is 8.57. The van der Waals surface area contributed by atoms with E-state index >= 15 is 0 Å². The molecule has 150 valence electrons. The number of imide groups is 1. The summed E-state index contributed by atoms with van der Waals surface area (Å²) >= 11 is 3.43. The maximum absolute atomic E-state index is 12.3. The van der Waals surface area contributed by atoms with Gasteiger partial charge in [0.15, 0.2) is 6.61 Å². The van der Waals surface area contributed by atoms with Gasteiger partial charge in [-0.05, 0) is 49.2 Å². The summed E-state index contributed by atoms with van der Waals surface area (Å²) in [5.41, 5.74) is 3.12. The molecule has 0 fully saturated rings. The van der Waals surface area contributed by atoms with Crippen LogP contribution < -0.4 is 5.32 Å². The van der Waals surface area contributed by atoms with Gasteiger partial charge < -0.3 is 10.1 Å². The van der Waals surface area contributed by atoms with Gasteiger partial charge in [0.25, 0.3) is 17.7 Å². The van der Waals surface area contributed by atoms with E-state index in [1.54, 1.807) is 24.3 Å². The molecule has 0 saturated carbocycles. The van der Waals surface area contributed by atoms with E-state index in [-0.39, 0.29) is 13.0 Å². The molecule has 1 aliphatic heterocycles. The molecule has 2 aromatic carbocycles. The Bertz CT molecular complexity index is 983. The van der Waals surface area contributed by atoms with Gasteiger partial charge in [-0.15, -0.1) is 0 Å². The molecule has 0 aliphatic carbocycles. The molecule has 1 heterocycles. The number of rotatable bonds is 6. The topological polar surface area (TPSA) is 92.8 Å². The normalized spacial score (nSPS) is 12.7. The number of anilines is 1. The van der Waals surface area contributed by atoms with Gasteiger partial charge in [0, 0.05) is 16.7 Å². The highest BCUT2D eigenvalue weighted by Crippen LogP contribution is 2.25. The van der Waals surface area contributed by atoms with Crippen LogP contribution in [-0.4, -0.2) is 41.7 Å². The zero-order valence-electron chi connectivity index (χ0n) is 16.0. The predicted molar refractivity (Wildman–Crippen MR) is 110 cm³/mol. The van der Waals surface area contributed by atoms with E-state index in [9.17, 15) is 19.2 Å². The SMILES string of the molecule is Cc1cc(NC(=O)COC(=O)CCN2C(=O)c3ccccc3C2=O)c(C)cc1Br. The van der Waals surface area contributed by atoms with Crippen LogP contribution in [0.25, 0.3) is 0 Å². The van der Waals surface area contributed by atoms with Gasteiger partial charge in [-0.2, -0.15) is 0 Å². The fourth-order valence-electron chi connectivity index (χ4n) is 2.97. The van der Waals surface area contributed by atoms with Crippen molar-refractivity contribution in [1.82, 2.24) is 4.90 Å². The summed E-state index contributed by atoms with van der Waals surface area (Å²) in [7, 11) is 0. The van der Waals surface area contributed by atoms with E-state index < -0.39 is 30.3 Å². The molecule has 0 saturated heterocycles. The van der Waals surface area contributed by atoms with Crippen LogP contribution in [0.2, 0.25) is 0 Å². The minimum atomic E-state index is -0.666. The zero-order chi connectivity index (χ0) is 21.1. The number of carbonyl (C=O) groups is 4. The Hall–Kier alpha value is -3.00. The number of nitrogens with one attached hydrogen (secondary N) is 1. The molecule has 29 heavy (non-hydrogen) atoms. The van der Waals surface area contributed by atoms with Crippen LogP contribution in [0.1, 0.15) is 38.3 Å². The molecular weight excluding hydrogens is 440 g/mol. The molecule has 0 bridgehead atoms. The van der Waals surface area contributed by atoms with Crippen LogP contribution in [0.4, 0.5) is 5.69 Å². The standard InChI is InChI=1S/C21H19BrN2O5/c1-12-10-17(13(2)9-16(12)22)23-18(25)11-29-19(26)7-8-24-20(27)14-5-3-4-6-15(14)21(24)28/h3-6,9-10H,7-8,11H2,1-2H3,(H,23,25). The van der Waals surface area contributed by atoms with Gasteiger partial charge in [0.05, 0.1) is 17.5 Å². The average molecular weight is 459 g/mol. The molecule has 7 nitrogen and oxygen atoms in total. The quantitative estimate of drug-likeness (QED) is 0.529. The summed E-state index contributed by atoms with van der Waals surface area (Å²) in [6.45, 7) is 3.21. The average Bonchev–Trinajstić information content (AvgIpc) is 2.93. The first-order chi connectivity index (χ1) is 13.8. The number of carbonyl (C=O) groups excluding carboxylic acids is 4. The first-order valence-corrected chi connectivity index (χ1v) is 9.74. The minimum absolute atomic E-state index is 0.0994. The first kappa shape index (κ1) is 20.7. The number of ether oxygens (including phenoxy) is 1. The van der Waals surface area contributed by atoms with Crippen molar-refractivity contribution in [3.05, 3.63) is 63.1 Å². The largest absolute Gasteiger partial charge is 0.456 e. The zero-order valence-corrected chi connectivity index (χ0v) is 17.5. The Balaban J connectivity index is 1.48. The van der Waals surface area contributed by atoms with Gasteiger partial charge >= 0.3 is 5.97 Å². The molecule has 0 aromatic heterocycles. The number of fused-ring (bicyclic) bond motifs is 1. The third kappa shape index (κ3) is 4.54. The van der Waals surface area contributed by atoms with Crippen LogP contribution >= 0.6 is 15.9 Å². The van der Waals surface area contributed by atoms with E-state index in [1.807, 2.05) is 26.0 Å². The Morgan fingerprint density at radius 1 is 1.03 bits per heavy atom. The summed E-state index contributed by atoms with van der Waals surface area (Å²) in [6.07, 6.45) is -0.185. The van der Waals surface area contributed by atoms with E-state index in [2.05, 4.69) is 21.2 Å². The minimum Gasteiger partial charge on any atom is -0.456 e. The Morgan fingerprint density at radius 2 is 1.66 bits per heavy atom. The van der Waals surface area contributed by atoms with Gasteiger partial charge in [0.2, 0.25) is 0 Å². The van der Waals surface area contributed by atoms with Crippen LogP contribution in [0.5, 0.6) is 0 Å². The molecule has 2 aromatic rings. The second-order valence-corrected chi connectivity index (χ2v) is 7.54. The summed E-state index contributed by atoms with van der Waals surface area (Å²) < 4.78 is 5.91. The number of benzene rings is 2. The molecule has 0 spiro atoms. The third-order valence-electron chi connectivity index (χ3n) is 4.56. The predicted octanol–water partition coefficient (Wildman–Crippen LogP) is 3.23. The van der Waals surface area contributed by atoms with E-state index in [4.69, 9.17) is 4.74 Å². The smallest absolute Gasteiger partial charge is 0.308 e. The van der Waals surface area contributed by atoms with Crippen molar-refractivity contribution in [3.63, 3.8) is 0 Å². The van der Waals surface area contributed by atoms with Crippen LogP contribution in [-0.2, 0) is 14.3 Å². The van der Waals surface area contributed by atoms with Crippen molar-refractivity contribution in [3.8, 4) is 0 Å². The second-order valence-electron chi connectivity index (χ2n) is 6.68. The lowest BCUT2D eigenvalue weighted by molar-refractivity contribution is -0.147. The van der Waals surface area contributed by atoms with Crippen molar-refractivity contribution < 1.29 is 23.9 Å². The molecular formula is C21H19BrN2O5. The highest BCUT2D eigenvalue weighted by Gasteiger charge is 2.35. The Morgan fingerprint density at radius 3 is 2.28 bits per heavy atom. The summed E-state index contributed by atoms with van der Waals surface area (Å²) in [5, 5.41) is 2.70. The molecule has 0 radical (unpaired) electrons. The van der Waals surface area contributed by atoms with Gasteiger partial charge in [0.1, 0.15) is 0 Å². The highest BCUT2D eigenvalue weighted by molar-refractivity contribution is 9.10. The number of hydrogen-bond donors (Lipinski definition) is 1. The first-order valence-electron chi connectivity index (χ1n) is 8.95. The molecule has 0 atom stereocenters. The van der Waals surface area contributed by atoms with E-state index in [1.165, 1.54) is 0 Å². The molecule has 1 N–H and O–H groups in total. The van der Waals surface area contributed by atoms with Crippen molar-refractivity contribution in [2.45, 2.75) is 20.3 Å². The lowest BCUT2D eigenvalue weighted by atomic mass is 10.1. The molecule has 8 heteroatoms. The number of halogens is 1. The molecule has 3 amide bonds. The molecule has 0 unspecified atom stereocenters. The van der Waals surface area contributed by atoms with E-state index in [0.29, 0.717) is 16.8 Å². The number of esters is 1. The lowest BCUT2D eigenvalue weighted by Crippen LogP contribution is -2.32. The number of aryl methyl sites for hydroxylation is 2. The maximum atomic E-state index is 12.3. The van der Waals surface area contributed by atoms with Crippen molar-refractivity contribution in [2.24, 2.45) is 0 Å². The fraction of sp³-hybridized carbons (Fsp3) is 0.238.